The van der Waals surface area contributed by atoms with Crippen LogP contribution in [0.2, 0.25) is 20.1 Å². The quantitative estimate of drug-likeness (QED) is 0.263. The number of hydrogen-bond acceptors (Lipinski definition) is 0. The van der Waals surface area contributed by atoms with E-state index in [9.17, 15) is 0 Å². The van der Waals surface area contributed by atoms with Crippen molar-refractivity contribution >= 4 is 57.5 Å². The molecule has 0 N–H and O–H groups in total. The van der Waals surface area contributed by atoms with Gasteiger partial charge in [-0.3, -0.25) is 0 Å². The molecule has 0 aromatic heterocycles. The van der Waals surface area contributed by atoms with Crippen LogP contribution in [0.1, 0.15) is 22.3 Å². The van der Waals surface area contributed by atoms with Gasteiger partial charge in [-0.25, -0.2) is 0 Å². The Balaban J connectivity index is 0.000000181. The Hall–Kier alpha value is -2.48. The van der Waals surface area contributed by atoms with Crippen LogP contribution in [0.5, 0.6) is 0 Å². The Morgan fingerprint density at radius 1 is 0.344 bits per heavy atom. The third-order valence-corrected chi connectivity index (χ3v) is 5.78. The molecular formula is C28H20Cl4. The van der Waals surface area contributed by atoms with Gasteiger partial charge >= 0.3 is 0 Å². The number of hydrogen-bond donors (Lipinski definition) is 0. The Bertz CT molecular complexity index is 995. The van der Waals surface area contributed by atoms with E-state index in [1.165, 1.54) is 0 Å². The maximum Gasteiger partial charge on any atom is 0.0406 e. The molecule has 0 aliphatic rings. The van der Waals surface area contributed by atoms with E-state index < -0.39 is 0 Å². The molecule has 4 aromatic rings. The van der Waals surface area contributed by atoms with Gasteiger partial charge in [0, 0.05) is 20.1 Å². The molecule has 0 nitrogen and oxygen atoms in total. The van der Waals surface area contributed by atoms with E-state index in [2.05, 4.69) is 13.2 Å². The highest BCUT2D eigenvalue weighted by Gasteiger charge is 2.03. The van der Waals surface area contributed by atoms with Crippen LogP contribution in [0.3, 0.4) is 0 Å². The molecule has 0 spiro atoms. The molecule has 0 heterocycles. The first-order chi connectivity index (χ1) is 15.3. The van der Waals surface area contributed by atoms with Crippen LogP contribution in [0, 0.1) is 0 Å². The summed E-state index contributed by atoms with van der Waals surface area (Å²) < 4.78 is 0. The molecule has 0 fully saturated rings. The van der Waals surface area contributed by atoms with Gasteiger partial charge in [-0.2, -0.15) is 0 Å². The molecule has 4 rings (SSSR count). The van der Waals surface area contributed by atoms with E-state index in [0.717, 1.165) is 53.5 Å². The Kier molecular flexibility index (Phi) is 8.61. The van der Waals surface area contributed by atoms with Gasteiger partial charge in [0.15, 0.2) is 0 Å². The summed E-state index contributed by atoms with van der Waals surface area (Å²) in [5.74, 6) is 0. The summed E-state index contributed by atoms with van der Waals surface area (Å²) in [4.78, 5) is 0. The van der Waals surface area contributed by atoms with Crippen LogP contribution in [0.4, 0.5) is 0 Å². The highest BCUT2D eigenvalue weighted by Crippen LogP contribution is 2.25. The van der Waals surface area contributed by atoms with Crippen molar-refractivity contribution in [2.24, 2.45) is 0 Å². The van der Waals surface area contributed by atoms with E-state index in [0.29, 0.717) is 0 Å². The lowest BCUT2D eigenvalue weighted by molar-refractivity contribution is 1.56. The lowest BCUT2D eigenvalue weighted by Gasteiger charge is -2.06. The van der Waals surface area contributed by atoms with Crippen LogP contribution in [-0.2, 0) is 0 Å². The summed E-state index contributed by atoms with van der Waals surface area (Å²) in [7, 11) is 0. The van der Waals surface area contributed by atoms with Gasteiger partial charge in [0.2, 0.25) is 0 Å². The summed E-state index contributed by atoms with van der Waals surface area (Å²) in [6.45, 7) is 8.14. The number of benzene rings is 4. The van der Waals surface area contributed by atoms with E-state index >= 15 is 0 Å². The molecule has 0 unspecified atom stereocenters. The molecule has 4 aromatic carbocycles. The average Bonchev–Trinajstić information content (AvgIpc) is 2.81. The molecule has 0 bridgehead atoms. The zero-order chi connectivity index (χ0) is 23.1. The van der Waals surface area contributed by atoms with Crippen LogP contribution >= 0.6 is 46.4 Å². The van der Waals surface area contributed by atoms with Crippen molar-refractivity contribution < 1.29 is 0 Å². The summed E-state index contributed by atoms with van der Waals surface area (Å²) >= 11 is 23.3. The van der Waals surface area contributed by atoms with Gasteiger partial charge in [0.05, 0.1) is 0 Å². The van der Waals surface area contributed by atoms with Crippen molar-refractivity contribution in [3.05, 3.63) is 153 Å². The second-order valence-electron chi connectivity index (χ2n) is 6.98. The SMILES string of the molecule is C=C(c1ccc(Cl)cc1)c1ccc(Cl)cc1.C=C(c1ccc(Cl)cc1)c1ccc(Cl)cc1. The molecule has 0 aliphatic heterocycles. The second-order valence-corrected chi connectivity index (χ2v) is 8.73. The lowest BCUT2D eigenvalue weighted by atomic mass is 10.00. The molecule has 4 heteroatoms. The maximum absolute atomic E-state index is 5.84. The fourth-order valence-corrected chi connectivity index (χ4v) is 3.44. The van der Waals surface area contributed by atoms with Crippen LogP contribution in [-0.4, -0.2) is 0 Å². The van der Waals surface area contributed by atoms with E-state index in [4.69, 9.17) is 46.4 Å². The molecule has 0 radical (unpaired) electrons. The molecule has 0 amide bonds. The predicted molar refractivity (Wildman–Crippen MR) is 142 cm³/mol. The summed E-state index contributed by atoms with van der Waals surface area (Å²) in [6.07, 6.45) is 0. The first kappa shape index (κ1) is 24.2. The van der Waals surface area contributed by atoms with E-state index in [1.807, 2.05) is 97.1 Å². The predicted octanol–water partition coefficient (Wildman–Crippen LogP) is 10.1. The van der Waals surface area contributed by atoms with Crippen molar-refractivity contribution in [1.29, 1.82) is 0 Å². The van der Waals surface area contributed by atoms with Crippen molar-refractivity contribution in [2.75, 3.05) is 0 Å². The van der Waals surface area contributed by atoms with Gasteiger partial charge in [-0.05, 0) is 81.9 Å². The van der Waals surface area contributed by atoms with Crippen LogP contribution in [0.15, 0.2) is 110 Å². The lowest BCUT2D eigenvalue weighted by Crippen LogP contribution is -1.85. The highest BCUT2D eigenvalue weighted by atomic mass is 35.5. The van der Waals surface area contributed by atoms with E-state index in [1.54, 1.807) is 0 Å². The van der Waals surface area contributed by atoms with Gasteiger partial charge in [-0.1, -0.05) is 108 Å². The summed E-state index contributed by atoms with van der Waals surface area (Å²) in [6, 6.07) is 30.5. The Morgan fingerprint density at radius 2 is 0.500 bits per heavy atom. The normalized spacial score (nSPS) is 10.1. The van der Waals surface area contributed by atoms with Gasteiger partial charge in [0.25, 0.3) is 0 Å². The van der Waals surface area contributed by atoms with Crippen molar-refractivity contribution in [1.82, 2.24) is 0 Å². The minimum absolute atomic E-state index is 0.729. The topological polar surface area (TPSA) is 0 Å². The van der Waals surface area contributed by atoms with Crippen LogP contribution < -0.4 is 0 Å². The molecule has 0 atom stereocenters. The van der Waals surface area contributed by atoms with Crippen LogP contribution in [0.25, 0.3) is 11.1 Å². The number of halogens is 4. The van der Waals surface area contributed by atoms with Gasteiger partial charge in [-0.15, -0.1) is 0 Å². The Morgan fingerprint density at radius 3 is 0.656 bits per heavy atom. The third kappa shape index (κ3) is 6.76. The Labute approximate surface area is 209 Å². The largest absolute Gasteiger partial charge is 0.0906 e. The van der Waals surface area contributed by atoms with Crippen molar-refractivity contribution in [3.8, 4) is 0 Å². The second kappa shape index (κ2) is 11.4. The first-order valence-corrected chi connectivity index (χ1v) is 11.3. The molecular weight excluding hydrogens is 478 g/mol. The average molecular weight is 498 g/mol. The zero-order valence-corrected chi connectivity index (χ0v) is 20.2. The van der Waals surface area contributed by atoms with Crippen molar-refractivity contribution in [3.63, 3.8) is 0 Å². The first-order valence-electron chi connectivity index (χ1n) is 9.75. The standard InChI is InChI=1S/2C14H10Cl2/c2*1-10(11-2-6-13(15)7-3-11)12-4-8-14(16)9-5-12/h2*2-9H,1H2. The highest BCUT2D eigenvalue weighted by molar-refractivity contribution is 6.31. The third-order valence-electron chi connectivity index (χ3n) is 4.77. The smallest absolute Gasteiger partial charge is 0.0406 e. The van der Waals surface area contributed by atoms with Crippen molar-refractivity contribution in [2.45, 2.75) is 0 Å². The molecule has 0 aliphatic carbocycles. The minimum Gasteiger partial charge on any atom is -0.0906 e. The van der Waals surface area contributed by atoms with Gasteiger partial charge in [0.1, 0.15) is 0 Å². The molecule has 32 heavy (non-hydrogen) atoms. The minimum atomic E-state index is 0.729. The maximum atomic E-state index is 5.84. The molecule has 0 saturated carbocycles. The fraction of sp³-hybridized carbons (Fsp3) is 0. The zero-order valence-electron chi connectivity index (χ0n) is 17.2. The molecule has 160 valence electrons. The van der Waals surface area contributed by atoms with E-state index in [-0.39, 0.29) is 0 Å². The monoisotopic (exact) mass is 496 g/mol. The number of rotatable bonds is 4. The fourth-order valence-electron chi connectivity index (χ4n) is 2.94. The summed E-state index contributed by atoms with van der Waals surface area (Å²) in [5, 5.41) is 2.92. The van der Waals surface area contributed by atoms with Gasteiger partial charge < -0.3 is 0 Å². The summed E-state index contributed by atoms with van der Waals surface area (Å²) in [5.41, 5.74) is 6.18. The molecule has 0 saturated heterocycles.